The maximum Gasteiger partial charge on any atom is 0.196 e. The number of furan rings is 1. The summed E-state index contributed by atoms with van der Waals surface area (Å²) in [7, 11) is 0. The number of hydrogen-bond acceptors (Lipinski definition) is 7. The fraction of sp³-hybridized carbons (Fsp3) is 0.300. The Morgan fingerprint density at radius 2 is 2.15 bits per heavy atom. The zero-order chi connectivity index (χ0) is 18.2. The molecule has 2 unspecified atom stereocenters. The van der Waals surface area contributed by atoms with Gasteiger partial charge in [0.2, 0.25) is 0 Å². The van der Waals surface area contributed by atoms with Crippen LogP contribution in [0.1, 0.15) is 17.4 Å². The van der Waals surface area contributed by atoms with Crippen LogP contribution >= 0.6 is 11.3 Å². The Balaban J connectivity index is 1.53. The number of para-hydroxylation sites is 1. The van der Waals surface area contributed by atoms with E-state index in [1.807, 2.05) is 41.8 Å². The van der Waals surface area contributed by atoms with E-state index < -0.39 is 6.10 Å². The van der Waals surface area contributed by atoms with Crippen molar-refractivity contribution in [3.8, 4) is 0 Å². The number of hydrogen-bond donors (Lipinski definition) is 1. The Labute approximate surface area is 160 Å². The molecule has 1 aliphatic rings. The number of benzene rings is 1. The lowest BCUT2D eigenvalue weighted by atomic mass is 10.1. The first-order chi connectivity index (χ1) is 13.3. The quantitative estimate of drug-likeness (QED) is 0.580. The molecule has 2 atom stereocenters. The molecule has 0 saturated carbocycles. The van der Waals surface area contributed by atoms with Crippen LogP contribution in [0.2, 0.25) is 0 Å². The van der Waals surface area contributed by atoms with Gasteiger partial charge < -0.3 is 19.2 Å². The van der Waals surface area contributed by atoms with Crippen LogP contribution in [0.5, 0.6) is 0 Å². The monoisotopic (exact) mass is 381 g/mol. The molecule has 3 aromatic heterocycles. The molecule has 1 saturated heterocycles. The third-order valence-electron chi connectivity index (χ3n) is 5.01. The highest BCUT2D eigenvalue weighted by molar-refractivity contribution is 7.10. The third-order valence-corrected chi connectivity index (χ3v) is 5.98. The number of aliphatic hydroxyl groups is 1. The summed E-state index contributed by atoms with van der Waals surface area (Å²) in [6.45, 7) is 1.87. The molecule has 0 aliphatic carbocycles. The fourth-order valence-electron chi connectivity index (χ4n) is 3.70. The summed E-state index contributed by atoms with van der Waals surface area (Å²) in [5.74, 6) is 0.767. The van der Waals surface area contributed by atoms with E-state index in [4.69, 9.17) is 9.15 Å². The highest BCUT2D eigenvalue weighted by Crippen LogP contribution is 2.35. The van der Waals surface area contributed by atoms with E-state index in [1.165, 1.54) is 0 Å². The molecule has 4 heterocycles. The van der Waals surface area contributed by atoms with Crippen molar-refractivity contribution in [1.82, 2.24) is 9.97 Å². The first-order valence-corrected chi connectivity index (χ1v) is 9.87. The predicted molar refractivity (Wildman–Crippen MR) is 105 cm³/mol. The second kappa shape index (κ2) is 6.92. The molecule has 0 radical (unpaired) electrons. The van der Waals surface area contributed by atoms with Crippen LogP contribution in [0.3, 0.4) is 0 Å². The second-order valence-electron chi connectivity index (χ2n) is 6.66. The summed E-state index contributed by atoms with van der Waals surface area (Å²) in [5, 5.41) is 13.6. The fourth-order valence-corrected chi connectivity index (χ4v) is 4.42. The Morgan fingerprint density at radius 3 is 3.04 bits per heavy atom. The van der Waals surface area contributed by atoms with Crippen LogP contribution in [0.4, 0.5) is 5.82 Å². The van der Waals surface area contributed by atoms with Gasteiger partial charge in [-0.15, -0.1) is 11.3 Å². The van der Waals surface area contributed by atoms with Gasteiger partial charge >= 0.3 is 0 Å². The first-order valence-electron chi connectivity index (χ1n) is 8.99. The number of rotatable bonds is 4. The van der Waals surface area contributed by atoms with Gasteiger partial charge in [-0.25, -0.2) is 9.97 Å². The molecule has 27 heavy (non-hydrogen) atoms. The van der Waals surface area contributed by atoms with Crippen molar-refractivity contribution in [2.24, 2.45) is 0 Å². The lowest BCUT2D eigenvalue weighted by molar-refractivity contribution is 0.0685. The second-order valence-corrected chi connectivity index (χ2v) is 7.64. The molecule has 0 amide bonds. The molecule has 138 valence electrons. The standard InChI is InChI=1S/C20H19N3O3S/c24-15(17-6-3-9-27-17)10-13-11-25-8-7-23(13)20-19-18(21-12-22-20)14-4-1-2-5-16(14)26-19/h1-6,9,12-13,15,24H,7-8,10-11H2. The topological polar surface area (TPSA) is 71.6 Å². The third kappa shape index (κ3) is 2.97. The van der Waals surface area contributed by atoms with E-state index >= 15 is 0 Å². The van der Waals surface area contributed by atoms with Gasteiger partial charge in [0.1, 0.15) is 17.4 Å². The summed E-state index contributed by atoms with van der Waals surface area (Å²) in [4.78, 5) is 12.1. The maximum absolute atomic E-state index is 10.6. The molecule has 1 fully saturated rings. The molecule has 7 heteroatoms. The number of morpholine rings is 1. The zero-order valence-corrected chi connectivity index (χ0v) is 15.4. The predicted octanol–water partition coefficient (Wildman–Crippen LogP) is 3.77. The largest absolute Gasteiger partial charge is 0.450 e. The summed E-state index contributed by atoms with van der Waals surface area (Å²) >= 11 is 1.57. The number of aliphatic hydroxyl groups excluding tert-OH is 1. The van der Waals surface area contributed by atoms with Gasteiger partial charge in [-0.3, -0.25) is 0 Å². The van der Waals surface area contributed by atoms with Crippen LogP contribution in [-0.2, 0) is 4.74 Å². The van der Waals surface area contributed by atoms with E-state index in [0.29, 0.717) is 31.8 Å². The number of thiophene rings is 1. The van der Waals surface area contributed by atoms with Gasteiger partial charge in [0.05, 0.1) is 25.4 Å². The SMILES string of the molecule is OC(CC1COCCN1c1ncnc2c1oc1ccccc12)c1cccs1. The highest BCUT2D eigenvalue weighted by atomic mass is 32.1. The molecule has 6 nitrogen and oxygen atoms in total. The Hall–Kier alpha value is -2.48. The Bertz CT molecular complexity index is 1060. The van der Waals surface area contributed by atoms with Crippen molar-refractivity contribution >= 4 is 39.2 Å². The average molecular weight is 381 g/mol. The van der Waals surface area contributed by atoms with E-state index in [-0.39, 0.29) is 6.04 Å². The van der Waals surface area contributed by atoms with Gasteiger partial charge in [0.15, 0.2) is 11.4 Å². The average Bonchev–Trinajstić information content (AvgIpc) is 3.36. The minimum atomic E-state index is -0.521. The van der Waals surface area contributed by atoms with Gasteiger partial charge in [-0.05, 0) is 23.6 Å². The van der Waals surface area contributed by atoms with Gasteiger partial charge in [-0.1, -0.05) is 18.2 Å². The van der Waals surface area contributed by atoms with Crippen LogP contribution in [0.25, 0.3) is 22.1 Å². The van der Waals surface area contributed by atoms with E-state index in [0.717, 1.165) is 27.2 Å². The van der Waals surface area contributed by atoms with Gasteiger partial charge in [0.25, 0.3) is 0 Å². The minimum Gasteiger partial charge on any atom is -0.450 e. The van der Waals surface area contributed by atoms with Crippen molar-refractivity contribution in [1.29, 1.82) is 0 Å². The van der Waals surface area contributed by atoms with Crippen molar-refractivity contribution in [2.75, 3.05) is 24.7 Å². The Morgan fingerprint density at radius 1 is 1.22 bits per heavy atom. The van der Waals surface area contributed by atoms with Crippen LogP contribution in [-0.4, -0.2) is 40.9 Å². The minimum absolute atomic E-state index is 0.0159. The van der Waals surface area contributed by atoms with Crippen molar-refractivity contribution in [3.05, 3.63) is 53.0 Å². The van der Waals surface area contributed by atoms with Crippen molar-refractivity contribution in [2.45, 2.75) is 18.6 Å². The molecule has 0 bridgehead atoms. The number of nitrogens with zero attached hydrogens (tertiary/aromatic N) is 3. The molecular formula is C20H19N3O3S. The van der Waals surface area contributed by atoms with Crippen molar-refractivity contribution in [3.63, 3.8) is 0 Å². The lowest BCUT2D eigenvalue weighted by Gasteiger charge is -2.37. The molecule has 1 aliphatic heterocycles. The summed E-state index contributed by atoms with van der Waals surface area (Å²) in [6.07, 6.45) is 1.64. The smallest absolute Gasteiger partial charge is 0.196 e. The summed E-state index contributed by atoms with van der Waals surface area (Å²) in [6, 6.07) is 11.8. The lowest BCUT2D eigenvalue weighted by Crippen LogP contribution is -2.46. The van der Waals surface area contributed by atoms with E-state index in [1.54, 1.807) is 17.7 Å². The summed E-state index contributed by atoms with van der Waals surface area (Å²) < 4.78 is 11.8. The number of ether oxygens (including phenoxy) is 1. The molecule has 5 rings (SSSR count). The van der Waals surface area contributed by atoms with Crippen LogP contribution < -0.4 is 4.90 Å². The van der Waals surface area contributed by atoms with Crippen LogP contribution in [0, 0.1) is 0 Å². The molecule has 1 aromatic carbocycles. The van der Waals surface area contributed by atoms with Gasteiger partial charge in [0, 0.05) is 23.2 Å². The first kappa shape index (κ1) is 16.7. The number of fused-ring (bicyclic) bond motifs is 3. The highest BCUT2D eigenvalue weighted by Gasteiger charge is 2.30. The number of aromatic nitrogens is 2. The molecule has 0 spiro atoms. The normalized spacial score (nSPS) is 19.0. The van der Waals surface area contributed by atoms with Crippen molar-refractivity contribution < 1.29 is 14.3 Å². The van der Waals surface area contributed by atoms with E-state index in [9.17, 15) is 5.11 Å². The molecule has 4 aromatic rings. The van der Waals surface area contributed by atoms with Gasteiger partial charge in [-0.2, -0.15) is 0 Å². The number of anilines is 1. The summed E-state index contributed by atoms with van der Waals surface area (Å²) in [5.41, 5.74) is 2.31. The Kier molecular flexibility index (Phi) is 4.27. The molecule has 1 N–H and O–H groups in total. The maximum atomic E-state index is 10.6. The molecular weight excluding hydrogens is 362 g/mol. The van der Waals surface area contributed by atoms with E-state index in [2.05, 4.69) is 14.9 Å². The van der Waals surface area contributed by atoms with Crippen LogP contribution in [0.15, 0.2) is 52.5 Å². The zero-order valence-electron chi connectivity index (χ0n) is 14.6.